The highest BCUT2D eigenvalue weighted by Gasteiger charge is 2.42. The highest BCUT2D eigenvalue weighted by atomic mass is 32.2. The van der Waals surface area contributed by atoms with Crippen LogP contribution in [0.25, 0.3) is 0 Å². The van der Waals surface area contributed by atoms with E-state index in [-0.39, 0.29) is 0 Å². The maximum Gasteiger partial charge on any atom is 0.184 e. The van der Waals surface area contributed by atoms with E-state index in [2.05, 4.69) is 66.9 Å². The summed E-state index contributed by atoms with van der Waals surface area (Å²) in [7, 11) is 0. The quantitative estimate of drug-likeness (QED) is 0.479. The summed E-state index contributed by atoms with van der Waals surface area (Å²) >= 11 is 7.48. The number of nitrogens with one attached hydrogen (secondary N) is 1. The van der Waals surface area contributed by atoms with Gasteiger partial charge in [0.25, 0.3) is 0 Å². The number of hydrogen-bond donors (Lipinski definition) is 1. The molecule has 0 saturated carbocycles. The number of amidine groups is 1. The maximum atomic E-state index is 5.88. The van der Waals surface area contributed by atoms with E-state index in [4.69, 9.17) is 17.2 Å². The third kappa shape index (κ3) is 4.27. The number of aryl methyl sites for hydroxylation is 2. The molecule has 0 aliphatic carbocycles. The van der Waals surface area contributed by atoms with Gasteiger partial charge in [0.15, 0.2) is 5.17 Å². The average Bonchev–Trinajstić information content (AvgIpc) is 3.05. The minimum absolute atomic E-state index is 0.562. The van der Waals surface area contributed by atoms with Crippen molar-refractivity contribution >= 4 is 39.8 Å². The molecule has 1 aliphatic rings. The number of hydrogen-bond acceptors (Lipinski definition) is 4. The van der Waals surface area contributed by atoms with Gasteiger partial charge in [-0.25, -0.2) is 10.0 Å². The second kappa shape index (κ2) is 9.02. The summed E-state index contributed by atoms with van der Waals surface area (Å²) in [4.78, 5) is 5.75. The lowest BCUT2D eigenvalue weighted by molar-refractivity contribution is 0.662. The molecule has 0 amide bonds. The fourth-order valence-corrected chi connectivity index (χ4v) is 4.54. The molecule has 0 fully saturated rings. The SMILES string of the molecule is CSC1=N[C@](C)(c2ccc(CCc3ccccc3)cc2)C(=S)N1Nc1ccccc1. The first-order chi connectivity index (χ1) is 14.6. The third-order valence-corrected chi connectivity index (χ3v) is 6.61. The minimum atomic E-state index is -0.562. The van der Waals surface area contributed by atoms with Gasteiger partial charge in [-0.1, -0.05) is 96.8 Å². The van der Waals surface area contributed by atoms with Crippen LogP contribution in [0.3, 0.4) is 0 Å². The molecule has 3 aromatic carbocycles. The van der Waals surface area contributed by atoms with Crippen LogP contribution in [0.1, 0.15) is 23.6 Å². The Balaban J connectivity index is 1.51. The lowest BCUT2D eigenvalue weighted by Gasteiger charge is -2.27. The predicted octanol–water partition coefficient (Wildman–Crippen LogP) is 6.08. The molecule has 1 N–H and O–H groups in total. The van der Waals surface area contributed by atoms with Crippen LogP contribution < -0.4 is 5.43 Å². The van der Waals surface area contributed by atoms with E-state index in [0.717, 1.165) is 34.2 Å². The number of nitrogens with zero attached hydrogens (tertiary/aromatic N) is 2. The highest BCUT2D eigenvalue weighted by molar-refractivity contribution is 8.13. The molecule has 0 aromatic heterocycles. The molecule has 0 spiro atoms. The molecular weight excluding hydrogens is 406 g/mol. The Hall–Kier alpha value is -2.63. The van der Waals surface area contributed by atoms with E-state index in [1.807, 2.05) is 41.6 Å². The number of hydrazine groups is 1. The molecule has 30 heavy (non-hydrogen) atoms. The van der Waals surface area contributed by atoms with Crippen molar-refractivity contribution in [3.63, 3.8) is 0 Å². The van der Waals surface area contributed by atoms with Crippen LogP contribution in [0.4, 0.5) is 5.69 Å². The van der Waals surface area contributed by atoms with Crippen molar-refractivity contribution in [1.29, 1.82) is 0 Å². The molecule has 1 atom stereocenters. The largest absolute Gasteiger partial charge is 0.291 e. The molecule has 0 radical (unpaired) electrons. The van der Waals surface area contributed by atoms with E-state index in [1.54, 1.807) is 11.8 Å². The van der Waals surface area contributed by atoms with E-state index in [1.165, 1.54) is 11.1 Å². The first-order valence-electron chi connectivity index (χ1n) is 10.0. The summed E-state index contributed by atoms with van der Waals surface area (Å²) < 4.78 is 0. The Morgan fingerprint density at radius 3 is 2.03 bits per heavy atom. The Labute approximate surface area is 188 Å². The van der Waals surface area contributed by atoms with Gasteiger partial charge in [-0.2, -0.15) is 0 Å². The van der Waals surface area contributed by atoms with Crippen molar-refractivity contribution in [3.05, 3.63) is 102 Å². The number of anilines is 1. The molecule has 1 aliphatic heterocycles. The number of para-hydroxylation sites is 1. The Morgan fingerprint density at radius 2 is 1.43 bits per heavy atom. The molecule has 1 heterocycles. The molecule has 152 valence electrons. The molecule has 0 unspecified atom stereocenters. The smallest absolute Gasteiger partial charge is 0.184 e. The van der Waals surface area contributed by atoms with Crippen LogP contribution in [0, 0.1) is 0 Å². The van der Waals surface area contributed by atoms with Crippen LogP contribution in [0.15, 0.2) is 89.9 Å². The van der Waals surface area contributed by atoms with Crippen molar-refractivity contribution < 1.29 is 0 Å². The van der Waals surface area contributed by atoms with E-state index in [0.29, 0.717) is 0 Å². The monoisotopic (exact) mass is 431 g/mol. The van der Waals surface area contributed by atoms with E-state index in [9.17, 15) is 0 Å². The van der Waals surface area contributed by atoms with Crippen molar-refractivity contribution in [2.45, 2.75) is 25.3 Å². The van der Waals surface area contributed by atoms with Crippen molar-refractivity contribution in [2.75, 3.05) is 11.7 Å². The fraction of sp³-hybridized carbons (Fsp3) is 0.200. The van der Waals surface area contributed by atoms with Crippen LogP contribution in [0.2, 0.25) is 0 Å². The third-order valence-electron chi connectivity index (χ3n) is 5.39. The van der Waals surface area contributed by atoms with Gasteiger partial charge in [-0.3, -0.25) is 5.43 Å². The minimum Gasteiger partial charge on any atom is -0.291 e. The molecule has 3 aromatic rings. The summed E-state index contributed by atoms with van der Waals surface area (Å²) in [5, 5.41) is 2.80. The molecule has 3 nitrogen and oxygen atoms in total. The lowest BCUT2D eigenvalue weighted by Crippen LogP contribution is -2.40. The van der Waals surface area contributed by atoms with Crippen molar-refractivity contribution in [2.24, 2.45) is 4.99 Å². The zero-order chi connectivity index (χ0) is 21.0. The molecule has 0 bridgehead atoms. The van der Waals surface area contributed by atoms with Crippen molar-refractivity contribution in [3.8, 4) is 0 Å². The zero-order valence-electron chi connectivity index (χ0n) is 17.2. The van der Waals surface area contributed by atoms with Gasteiger partial charge in [0.05, 0.1) is 5.69 Å². The van der Waals surface area contributed by atoms with Crippen molar-refractivity contribution in [1.82, 2.24) is 5.01 Å². The lowest BCUT2D eigenvalue weighted by atomic mass is 9.91. The second-order valence-electron chi connectivity index (χ2n) is 7.47. The average molecular weight is 432 g/mol. The molecule has 4 rings (SSSR count). The van der Waals surface area contributed by atoms with Gasteiger partial charge < -0.3 is 0 Å². The zero-order valence-corrected chi connectivity index (χ0v) is 18.8. The number of thioether (sulfide) groups is 1. The van der Waals surface area contributed by atoms with Gasteiger partial charge in [-0.05, 0) is 54.8 Å². The fourth-order valence-electron chi connectivity index (χ4n) is 3.59. The standard InChI is InChI=1S/C25H25N3S2/c1-25(21-17-15-20(16-18-21)14-13-19-9-5-3-6-10-19)23(29)28(24(26-25)30-2)27-22-11-7-4-8-12-22/h3-12,15-18,27H,13-14H2,1-2H3/t25-/m1/s1. The highest BCUT2D eigenvalue weighted by Crippen LogP contribution is 2.36. The first-order valence-corrected chi connectivity index (χ1v) is 11.7. The Morgan fingerprint density at radius 1 is 0.867 bits per heavy atom. The summed E-state index contributed by atoms with van der Waals surface area (Å²) in [5.74, 6) is 0. The first kappa shape index (κ1) is 20.6. The summed E-state index contributed by atoms with van der Waals surface area (Å²) in [6.45, 7) is 2.09. The number of aliphatic imine (C=N–C) groups is 1. The van der Waals surface area contributed by atoms with E-state index >= 15 is 0 Å². The van der Waals surface area contributed by atoms with Crippen LogP contribution >= 0.6 is 24.0 Å². The number of benzene rings is 3. The Bertz CT molecular complexity index is 1030. The van der Waals surface area contributed by atoms with Gasteiger partial charge in [0.1, 0.15) is 10.5 Å². The van der Waals surface area contributed by atoms with Crippen LogP contribution in [0.5, 0.6) is 0 Å². The summed E-state index contributed by atoms with van der Waals surface area (Å²) in [6.07, 6.45) is 4.09. The normalized spacial score (nSPS) is 18.4. The molecular formula is C25H25N3S2. The predicted molar refractivity (Wildman–Crippen MR) is 133 cm³/mol. The topological polar surface area (TPSA) is 27.6 Å². The summed E-state index contributed by atoms with van der Waals surface area (Å²) in [6, 6.07) is 29.4. The summed E-state index contributed by atoms with van der Waals surface area (Å²) in [5.41, 5.74) is 7.63. The van der Waals surface area contributed by atoms with Crippen LogP contribution in [-0.2, 0) is 18.4 Å². The van der Waals surface area contributed by atoms with Gasteiger partial charge in [0.2, 0.25) is 0 Å². The molecule has 0 saturated heterocycles. The Kier molecular flexibility index (Phi) is 6.21. The van der Waals surface area contributed by atoms with E-state index < -0.39 is 5.54 Å². The second-order valence-corrected chi connectivity index (χ2v) is 8.63. The number of rotatable bonds is 6. The van der Waals surface area contributed by atoms with Crippen LogP contribution in [-0.4, -0.2) is 21.4 Å². The van der Waals surface area contributed by atoms with Gasteiger partial charge in [0, 0.05) is 0 Å². The van der Waals surface area contributed by atoms with Gasteiger partial charge >= 0.3 is 0 Å². The maximum absolute atomic E-state index is 5.88. The molecule has 5 heteroatoms. The number of thiocarbonyl (C=S) groups is 1. The van der Waals surface area contributed by atoms with Gasteiger partial charge in [-0.15, -0.1) is 0 Å².